The van der Waals surface area contributed by atoms with Crippen molar-refractivity contribution in [1.29, 1.82) is 0 Å². The zero-order valence-electron chi connectivity index (χ0n) is 9.84. The van der Waals surface area contributed by atoms with Gasteiger partial charge in [0, 0.05) is 32.7 Å². The first-order chi connectivity index (χ1) is 7.26. The molecule has 0 aliphatic carbocycles. The summed E-state index contributed by atoms with van der Waals surface area (Å²) < 4.78 is 0. The van der Waals surface area contributed by atoms with Gasteiger partial charge in [0.15, 0.2) is 0 Å². The van der Waals surface area contributed by atoms with Gasteiger partial charge in [0.2, 0.25) is 0 Å². The van der Waals surface area contributed by atoms with Crippen molar-refractivity contribution in [2.75, 3.05) is 52.9 Å². The summed E-state index contributed by atoms with van der Waals surface area (Å²) in [4.78, 5) is 5.12. The first kappa shape index (κ1) is 10.1. The highest BCUT2D eigenvalue weighted by atomic mass is 15.2. The van der Waals surface area contributed by atoms with E-state index in [-0.39, 0.29) is 0 Å². The Hall–Kier alpha value is -0.120. The fourth-order valence-corrected chi connectivity index (χ4v) is 3.35. The summed E-state index contributed by atoms with van der Waals surface area (Å²) >= 11 is 0. The van der Waals surface area contributed by atoms with E-state index >= 15 is 0 Å². The minimum Gasteiger partial charge on any atom is -0.316 e. The molecule has 3 aliphatic heterocycles. The quantitative estimate of drug-likeness (QED) is 0.702. The Morgan fingerprint density at radius 2 is 1.87 bits per heavy atom. The number of nitrogens with one attached hydrogen (secondary N) is 1. The van der Waals surface area contributed by atoms with Crippen molar-refractivity contribution in [2.24, 2.45) is 11.3 Å². The van der Waals surface area contributed by atoms with E-state index in [1.165, 1.54) is 58.7 Å². The van der Waals surface area contributed by atoms with Gasteiger partial charge in [0.05, 0.1) is 0 Å². The van der Waals surface area contributed by atoms with E-state index in [1.807, 2.05) is 0 Å². The third-order valence-electron chi connectivity index (χ3n) is 4.57. The van der Waals surface area contributed by atoms with Gasteiger partial charge in [-0.1, -0.05) is 0 Å². The summed E-state index contributed by atoms with van der Waals surface area (Å²) in [5.74, 6) is 0.962. The average molecular weight is 209 g/mol. The number of hydrogen-bond acceptors (Lipinski definition) is 3. The normalized spacial score (nSPS) is 32.6. The molecule has 86 valence electrons. The zero-order valence-corrected chi connectivity index (χ0v) is 9.84. The van der Waals surface area contributed by atoms with Gasteiger partial charge in [0.25, 0.3) is 0 Å². The third-order valence-corrected chi connectivity index (χ3v) is 4.57. The van der Waals surface area contributed by atoms with Crippen molar-refractivity contribution >= 4 is 0 Å². The lowest BCUT2D eigenvalue weighted by Gasteiger charge is -2.49. The second kappa shape index (κ2) is 3.72. The highest BCUT2D eigenvalue weighted by molar-refractivity contribution is 4.96. The lowest BCUT2D eigenvalue weighted by atomic mass is 9.73. The van der Waals surface area contributed by atoms with Crippen LogP contribution in [0.4, 0.5) is 0 Å². The summed E-state index contributed by atoms with van der Waals surface area (Å²) in [5.41, 5.74) is 0.715. The van der Waals surface area contributed by atoms with E-state index in [2.05, 4.69) is 22.2 Å². The van der Waals surface area contributed by atoms with Crippen LogP contribution in [-0.2, 0) is 0 Å². The Balaban J connectivity index is 1.42. The van der Waals surface area contributed by atoms with E-state index in [1.54, 1.807) is 0 Å². The van der Waals surface area contributed by atoms with Gasteiger partial charge in [-0.05, 0) is 44.3 Å². The van der Waals surface area contributed by atoms with Crippen LogP contribution in [0, 0.1) is 11.3 Å². The molecule has 0 bridgehead atoms. The molecule has 1 spiro atoms. The number of nitrogens with zero attached hydrogens (tertiary/aromatic N) is 2. The fourth-order valence-electron chi connectivity index (χ4n) is 3.35. The van der Waals surface area contributed by atoms with Crippen molar-refractivity contribution in [3.63, 3.8) is 0 Å². The van der Waals surface area contributed by atoms with Crippen LogP contribution in [-0.4, -0.2) is 62.7 Å². The Bertz CT molecular complexity index is 221. The van der Waals surface area contributed by atoms with Gasteiger partial charge in [-0.15, -0.1) is 0 Å². The molecule has 3 heteroatoms. The Labute approximate surface area is 92.8 Å². The smallest absolute Gasteiger partial charge is 0.00342 e. The molecule has 3 nitrogen and oxygen atoms in total. The molecule has 1 N–H and O–H groups in total. The van der Waals surface area contributed by atoms with Crippen molar-refractivity contribution in [3.05, 3.63) is 0 Å². The van der Waals surface area contributed by atoms with E-state index < -0.39 is 0 Å². The van der Waals surface area contributed by atoms with Crippen LogP contribution in [0.1, 0.15) is 12.8 Å². The lowest BCUT2D eigenvalue weighted by Crippen LogP contribution is -2.59. The second-order valence-electron chi connectivity index (χ2n) is 5.99. The maximum atomic E-state index is 3.43. The van der Waals surface area contributed by atoms with Gasteiger partial charge >= 0.3 is 0 Å². The zero-order chi connectivity index (χ0) is 10.3. The standard InChI is InChI=1S/C12H23N3/c1-14-6-11(7-14)8-15-4-2-12(3-5-15)9-13-10-12/h11,13H,2-10H2,1H3. The number of rotatable bonds is 2. The molecule has 3 saturated heterocycles. The molecule has 15 heavy (non-hydrogen) atoms. The van der Waals surface area contributed by atoms with Crippen LogP contribution in [0.2, 0.25) is 0 Å². The van der Waals surface area contributed by atoms with Crippen LogP contribution in [0.3, 0.4) is 0 Å². The molecule has 0 amide bonds. The van der Waals surface area contributed by atoms with E-state index in [0.717, 1.165) is 5.92 Å². The highest BCUT2D eigenvalue weighted by Gasteiger charge is 2.40. The molecular weight excluding hydrogens is 186 g/mol. The van der Waals surface area contributed by atoms with Crippen LogP contribution < -0.4 is 5.32 Å². The summed E-state index contributed by atoms with van der Waals surface area (Å²) in [6.45, 7) is 9.27. The molecule has 0 atom stereocenters. The van der Waals surface area contributed by atoms with Crippen LogP contribution in [0.25, 0.3) is 0 Å². The van der Waals surface area contributed by atoms with E-state index in [4.69, 9.17) is 0 Å². The molecule has 3 aliphatic rings. The molecule has 0 aromatic carbocycles. The second-order valence-corrected chi connectivity index (χ2v) is 5.99. The maximum Gasteiger partial charge on any atom is 0.00342 e. The van der Waals surface area contributed by atoms with Crippen molar-refractivity contribution in [3.8, 4) is 0 Å². The number of hydrogen-bond donors (Lipinski definition) is 1. The number of piperidine rings is 1. The molecule has 0 aromatic heterocycles. The van der Waals surface area contributed by atoms with Gasteiger partial charge in [-0.25, -0.2) is 0 Å². The molecule has 0 saturated carbocycles. The summed E-state index contributed by atoms with van der Waals surface area (Å²) in [6, 6.07) is 0. The molecule has 0 radical (unpaired) electrons. The third kappa shape index (κ3) is 1.93. The largest absolute Gasteiger partial charge is 0.316 e. The van der Waals surface area contributed by atoms with Gasteiger partial charge in [-0.2, -0.15) is 0 Å². The maximum absolute atomic E-state index is 3.43. The molecular formula is C12H23N3. The summed E-state index contributed by atoms with van der Waals surface area (Å²) in [7, 11) is 2.22. The van der Waals surface area contributed by atoms with Gasteiger partial charge in [-0.3, -0.25) is 0 Å². The first-order valence-electron chi connectivity index (χ1n) is 6.37. The molecule has 0 unspecified atom stereocenters. The van der Waals surface area contributed by atoms with Gasteiger partial charge < -0.3 is 15.1 Å². The lowest BCUT2D eigenvalue weighted by molar-refractivity contribution is 0.0262. The monoisotopic (exact) mass is 209 g/mol. The van der Waals surface area contributed by atoms with Crippen LogP contribution in [0.15, 0.2) is 0 Å². The number of likely N-dealkylation sites (tertiary alicyclic amines) is 2. The first-order valence-corrected chi connectivity index (χ1v) is 6.37. The minimum atomic E-state index is 0.715. The molecule has 0 aromatic rings. The van der Waals surface area contributed by atoms with Crippen molar-refractivity contribution in [1.82, 2.24) is 15.1 Å². The SMILES string of the molecule is CN1CC(CN2CCC3(CC2)CNC3)C1. The topological polar surface area (TPSA) is 18.5 Å². The molecule has 3 rings (SSSR count). The van der Waals surface area contributed by atoms with Gasteiger partial charge in [0.1, 0.15) is 0 Å². The Kier molecular flexibility index (Phi) is 2.49. The fraction of sp³-hybridized carbons (Fsp3) is 1.00. The van der Waals surface area contributed by atoms with Crippen molar-refractivity contribution in [2.45, 2.75) is 12.8 Å². The molecule has 3 heterocycles. The van der Waals surface area contributed by atoms with Crippen LogP contribution >= 0.6 is 0 Å². The summed E-state index contributed by atoms with van der Waals surface area (Å²) in [6.07, 6.45) is 2.87. The van der Waals surface area contributed by atoms with E-state index in [0.29, 0.717) is 5.41 Å². The predicted octanol–water partition coefficient (Wildman–Crippen LogP) is 0.233. The van der Waals surface area contributed by atoms with E-state index in [9.17, 15) is 0 Å². The molecule has 3 fully saturated rings. The Morgan fingerprint density at radius 1 is 1.20 bits per heavy atom. The van der Waals surface area contributed by atoms with Crippen molar-refractivity contribution < 1.29 is 0 Å². The summed E-state index contributed by atoms with van der Waals surface area (Å²) in [5, 5.41) is 3.43. The predicted molar refractivity (Wildman–Crippen MR) is 62.0 cm³/mol. The van der Waals surface area contributed by atoms with Crippen LogP contribution in [0.5, 0.6) is 0 Å². The Morgan fingerprint density at radius 3 is 2.33 bits per heavy atom. The average Bonchev–Trinajstić information content (AvgIpc) is 2.14. The highest BCUT2D eigenvalue weighted by Crippen LogP contribution is 2.35. The minimum absolute atomic E-state index is 0.715.